The van der Waals surface area contributed by atoms with E-state index in [0.29, 0.717) is 28.9 Å². The molecule has 2 aromatic carbocycles. The smallest absolute Gasteiger partial charge is 0.349 e. The van der Waals surface area contributed by atoms with Crippen LogP contribution in [0.5, 0.6) is 11.5 Å². The summed E-state index contributed by atoms with van der Waals surface area (Å²) in [4.78, 5) is 35.9. The molecule has 0 fully saturated rings. The Morgan fingerprint density at radius 2 is 1.77 bits per heavy atom. The van der Waals surface area contributed by atoms with Gasteiger partial charge in [0.25, 0.3) is 5.91 Å². The van der Waals surface area contributed by atoms with E-state index in [-0.39, 0.29) is 25.3 Å². The van der Waals surface area contributed by atoms with Gasteiger partial charge in [-0.2, -0.15) is 0 Å². The molecule has 30 heavy (non-hydrogen) atoms. The first-order valence-corrected chi connectivity index (χ1v) is 9.30. The molecule has 0 spiro atoms. The Kier molecular flexibility index (Phi) is 7.05. The van der Waals surface area contributed by atoms with Crippen molar-refractivity contribution >= 4 is 22.8 Å². The Bertz CT molecular complexity index is 1070. The highest BCUT2D eigenvalue weighted by atomic mass is 16.6. The van der Waals surface area contributed by atoms with Crippen molar-refractivity contribution in [2.75, 3.05) is 26.9 Å². The highest BCUT2D eigenvalue weighted by molar-refractivity contribution is 5.96. The highest BCUT2D eigenvalue weighted by Gasteiger charge is 2.13. The van der Waals surface area contributed by atoms with Crippen molar-refractivity contribution in [1.29, 1.82) is 0 Å². The maximum atomic E-state index is 12.2. The fourth-order valence-corrected chi connectivity index (χ4v) is 2.63. The van der Waals surface area contributed by atoms with Crippen LogP contribution in [-0.2, 0) is 9.53 Å². The molecule has 1 amide bonds. The normalized spacial score (nSPS) is 10.4. The summed E-state index contributed by atoms with van der Waals surface area (Å²) < 4.78 is 20.6. The number of esters is 1. The molecule has 0 aliphatic heterocycles. The predicted molar refractivity (Wildman–Crippen MR) is 109 cm³/mol. The zero-order valence-electron chi connectivity index (χ0n) is 16.4. The standard InChI is InChI=1S/C22H21NO7/c1-27-16-7-9-17(10-8-16)29-14-20(24)28-12-4-11-23-21(25)18-13-15-5-2-3-6-19(15)30-22(18)26/h2-3,5-10,13H,4,11-12,14H2,1H3,(H,23,25). The molecule has 0 saturated carbocycles. The molecule has 0 aliphatic carbocycles. The summed E-state index contributed by atoms with van der Waals surface area (Å²) in [6, 6.07) is 15.3. The number of hydrogen-bond donors (Lipinski definition) is 1. The maximum Gasteiger partial charge on any atom is 0.349 e. The zero-order chi connectivity index (χ0) is 21.3. The molecule has 3 rings (SSSR count). The molecule has 0 aliphatic rings. The van der Waals surface area contributed by atoms with Gasteiger partial charge in [-0.25, -0.2) is 9.59 Å². The first-order valence-electron chi connectivity index (χ1n) is 9.30. The first kappa shape index (κ1) is 20.9. The van der Waals surface area contributed by atoms with E-state index in [0.717, 1.165) is 0 Å². The van der Waals surface area contributed by atoms with Crippen LogP contribution in [0.25, 0.3) is 11.0 Å². The third-order valence-electron chi connectivity index (χ3n) is 4.17. The lowest BCUT2D eigenvalue weighted by Crippen LogP contribution is -2.29. The largest absolute Gasteiger partial charge is 0.497 e. The van der Waals surface area contributed by atoms with E-state index in [4.69, 9.17) is 18.6 Å². The molecule has 1 N–H and O–H groups in total. The molecule has 1 aromatic heterocycles. The van der Waals surface area contributed by atoms with Crippen molar-refractivity contribution in [3.8, 4) is 11.5 Å². The van der Waals surface area contributed by atoms with Crippen LogP contribution in [0.2, 0.25) is 0 Å². The number of rotatable bonds is 9. The summed E-state index contributed by atoms with van der Waals surface area (Å²) in [5, 5.41) is 3.27. The summed E-state index contributed by atoms with van der Waals surface area (Å²) >= 11 is 0. The number of ether oxygens (including phenoxy) is 3. The fraction of sp³-hybridized carbons (Fsp3) is 0.227. The van der Waals surface area contributed by atoms with Crippen LogP contribution in [0, 0.1) is 0 Å². The lowest BCUT2D eigenvalue weighted by molar-refractivity contribution is -0.146. The molecule has 8 nitrogen and oxygen atoms in total. The topological polar surface area (TPSA) is 104 Å². The Morgan fingerprint density at radius 3 is 2.53 bits per heavy atom. The summed E-state index contributed by atoms with van der Waals surface area (Å²) in [5.74, 6) is 0.152. The van der Waals surface area contributed by atoms with Gasteiger partial charge in [0.05, 0.1) is 13.7 Å². The van der Waals surface area contributed by atoms with E-state index in [9.17, 15) is 14.4 Å². The number of carbonyl (C=O) groups excluding carboxylic acids is 2. The maximum absolute atomic E-state index is 12.2. The van der Waals surface area contributed by atoms with Gasteiger partial charge in [0.15, 0.2) is 6.61 Å². The van der Waals surface area contributed by atoms with Crippen molar-refractivity contribution in [2.45, 2.75) is 6.42 Å². The molecule has 1 heterocycles. The molecule has 3 aromatic rings. The molecular formula is C22H21NO7. The highest BCUT2D eigenvalue weighted by Crippen LogP contribution is 2.17. The third-order valence-corrected chi connectivity index (χ3v) is 4.17. The van der Waals surface area contributed by atoms with Crippen LogP contribution in [0.4, 0.5) is 0 Å². The average Bonchev–Trinajstić information content (AvgIpc) is 2.77. The van der Waals surface area contributed by atoms with Crippen LogP contribution in [0.1, 0.15) is 16.8 Å². The lowest BCUT2D eigenvalue weighted by atomic mass is 10.2. The second-order valence-electron chi connectivity index (χ2n) is 6.28. The summed E-state index contributed by atoms with van der Waals surface area (Å²) in [6.07, 6.45) is 0.388. The van der Waals surface area contributed by atoms with E-state index in [1.54, 1.807) is 55.6 Å². The molecule has 0 saturated heterocycles. The SMILES string of the molecule is COc1ccc(OCC(=O)OCCCNC(=O)c2cc3ccccc3oc2=O)cc1. The van der Waals surface area contributed by atoms with Crippen LogP contribution in [0.3, 0.4) is 0 Å². The van der Waals surface area contributed by atoms with Gasteiger partial charge in [0.2, 0.25) is 0 Å². The number of fused-ring (bicyclic) bond motifs is 1. The van der Waals surface area contributed by atoms with Crippen LogP contribution < -0.4 is 20.4 Å². The number of methoxy groups -OCH3 is 1. The molecule has 0 unspecified atom stereocenters. The Labute approximate surface area is 172 Å². The summed E-state index contributed by atoms with van der Waals surface area (Å²) in [6.45, 7) is 0.117. The van der Waals surface area contributed by atoms with Gasteiger partial charge < -0.3 is 23.9 Å². The van der Waals surface area contributed by atoms with Gasteiger partial charge in [-0.15, -0.1) is 0 Å². The quantitative estimate of drug-likeness (QED) is 0.328. The zero-order valence-corrected chi connectivity index (χ0v) is 16.4. The van der Waals surface area contributed by atoms with E-state index in [2.05, 4.69) is 5.32 Å². The number of benzene rings is 2. The molecule has 8 heteroatoms. The van der Waals surface area contributed by atoms with E-state index in [1.165, 1.54) is 6.07 Å². The van der Waals surface area contributed by atoms with Crippen molar-refractivity contribution in [3.63, 3.8) is 0 Å². The summed E-state index contributed by atoms with van der Waals surface area (Å²) in [5.41, 5.74) is -0.352. The van der Waals surface area contributed by atoms with Crippen LogP contribution >= 0.6 is 0 Å². The second kappa shape index (κ2) is 10.1. The number of para-hydroxylation sites is 1. The van der Waals surface area contributed by atoms with Crippen molar-refractivity contribution < 1.29 is 28.2 Å². The second-order valence-corrected chi connectivity index (χ2v) is 6.28. The van der Waals surface area contributed by atoms with Gasteiger partial charge >= 0.3 is 11.6 Å². The summed E-state index contributed by atoms with van der Waals surface area (Å²) in [7, 11) is 1.56. The van der Waals surface area contributed by atoms with E-state index in [1.807, 2.05) is 0 Å². The molecule has 0 atom stereocenters. The number of hydrogen-bond acceptors (Lipinski definition) is 7. The number of nitrogens with one attached hydrogen (secondary N) is 1. The van der Waals surface area contributed by atoms with Gasteiger partial charge in [-0.05, 0) is 42.8 Å². The van der Waals surface area contributed by atoms with Crippen molar-refractivity contribution in [2.24, 2.45) is 0 Å². The Morgan fingerprint density at radius 1 is 1.03 bits per heavy atom. The van der Waals surface area contributed by atoms with Crippen LogP contribution in [0.15, 0.2) is 63.8 Å². The van der Waals surface area contributed by atoms with E-state index >= 15 is 0 Å². The van der Waals surface area contributed by atoms with Crippen molar-refractivity contribution in [3.05, 3.63) is 70.6 Å². The fourth-order valence-electron chi connectivity index (χ4n) is 2.63. The van der Waals surface area contributed by atoms with Gasteiger partial charge in [0, 0.05) is 11.9 Å². The number of amides is 1. The first-order chi connectivity index (χ1) is 14.6. The minimum Gasteiger partial charge on any atom is -0.497 e. The molecule has 0 bridgehead atoms. The Balaban J connectivity index is 1.37. The van der Waals surface area contributed by atoms with E-state index < -0.39 is 17.5 Å². The average molecular weight is 411 g/mol. The predicted octanol–water partition coefficient (Wildman–Crippen LogP) is 2.54. The molecule has 0 radical (unpaired) electrons. The lowest BCUT2D eigenvalue weighted by Gasteiger charge is -2.08. The Hall–Kier alpha value is -3.81. The van der Waals surface area contributed by atoms with Crippen molar-refractivity contribution in [1.82, 2.24) is 5.32 Å². The number of carbonyl (C=O) groups is 2. The van der Waals surface area contributed by atoms with Gasteiger partial charge in [-0.3, -0.25) is 4.79 Å². The molecular weight excluding hydrogens is 390 g/mol. The monoisotopic (exact) mass is 411 g/mol. The molecule has 156 valence electrons. The third kappa shape index (κ3) is 5.60. The minimum absolute atomic E-state index is 0.0708. The van der Waals surface area contributed by atoms with Gasteiger partial charge in [0.1, 0.15) is 22.6 Å². The van der Waals surface area contributed by atoms with Crippen LogP contribution in [-0.4, -0.2) is 38.7 Å². The van der Waals surface area contributed by atoms with Gasteiger partial charge in [-0.1, -0.05) is 18.2 Å². The minimum atomic E-state index is -0.701.